The monoisotopic (exact) mass is 393 g/mol. The van der Waals surface area contributed by atoms with Crippen molar-refractivity contribution >= 4 is 46.2 Å². The number of ether oxygens (including phenoxy) is 1. The van der Waals surface area contributed by atoms with Gasteiger partial charge in [-0.2, -0.15) is 0 Å². The van der Waals surface area contributed by atoms with E-state index in [0.717, 1.165) is 0 Å². The lowest BCUT2D eigenvalue weighted by atomic mass is 10.1. The number of halogens is 1. The smallest absolute Gasteiger partial charge is 0.257 e. The van der Waals surface area contributed by atoms with Gasteiger partial charge in [-0.3, -0.25) is 9.59 Å². The molecule has 0 aromatic heterocycles. The Balaban J connectivity index is 1.59. The van der Waals surface area contributed by atoms with Gasteiger partial charge in [-0.05, 0) is 48.5 Å². The van der Waals surface area contributed by atoms with Crippen molar-refractivity contribution in [2.45, 2.75) is 0 Å². The Labute approximate surface area is 166 Å². The van der Waals surface area contributed by atoms with Crippen molar-refractivity contribution in [2.24, 2.45) is 0 Å². The van der Waals surface area contributed by atoms with Crippen LogP contribution in [0.4, 0.5) is 22.7 Å². The van der Waals surface area contributed by atoms with Crippen LogP contribution in [-0.2, 0) is 0 Å². The summed E-state index contributed by atoms with van der Waals surface area (Å²) < 4.78 is 5.11. The average Bonchev–Trinajstić information content (AvgIpc) is 2.83. The van der Waals surface area contributed by atoms with Gasteiger partial charge in [0.1, 0.15) is 5.75 Å². The molecule has 0 fully saturated rings. The van der Waals surface area contributed by atoms with Gasteiger partial charge in [0.05, 0.1) is 34.8 Å². The molecule has 0 aliphatic carbocycles. The van der Waals surface area contributed by atoms with Crippen LogP contribution in [0.2, 0.25) is 5.02 Å². The minimum atomic E-state index is -0.319. The summed E-state index contributed by atoms with van der Waals surface area (Å²) in [4.78, 5) is 25.1. The topological polar surface area (TPSA) is 79.5 Å². The number of fused-ring (bicyclic) bond motifs is 2. The van der Waals surface area contributed by atoms with Crippen LogP contribution in [0.1, 0.15) is 20.7 Å². The molecule has 0 saturated heterocycles. The van der Waals surface area contributed by atoms with Gasteiger partial charge in [0.15, 0.2) is 0 Å². The van der Waals surface area contributed by atoms with Crippen LogP contribution < -0.4 is 20.7 Å². The van der Waals surface area contributed by atoms with Crippen LogP contribution in [-0.4, -0.2) is 18.9 Å². The van der Waals surface area contributed by atoms with Gasteiger partial charge < -0.3 is 20.7 Å². The zero-order valence-corrected chi connectivity index (χ0v) is 15.6. The Kier molecular flexibility index (Phi) is 4.63. The highest BCUT2D eigenvalue weighted by molar-refractivity contribution is 6.32. The van der Waals surface area contributed by atoms with Gasteiger partial charge in [-0.1, -0.05) is 23.7 Å². The molecule has 0 unspecified atom stereocenters. The van der Waals surface area contributed by atoms with E-state index >= 15 is 0 Å². The molecule has 3 N–H and O–H groups in total. The van der Waals surface area contributed by atoms with Crippen molar-refractivity contribution in [3.63, 3.8) is 0 Å². The maximum atomic E-state index is 12.6. The average molecular weight is 394 g/mol. The van der Waals surface area contributed by atoms with Gasteiger partial charge in [0.2, 0.25) is 0 Å². The fourth-order valence-electron chi connectivity index (χ4n) is 2.97. The normalized spacial score (nSPS) is 12.0. The van der Waals surface area contributed by atoms with E-state index in [2.05, 4.69) is 16.0 Å². The van der Waals surface area contributed by atoms with E-state index in [1.807, 2.05) is 12.1 Å². The highest BCUT2D eigenvalue weighted by Crippen LogP contribution is 2.33. The van der Waals surface area contributed by atoms with Crippen LogP contribution in [0.15, 0.2) is 60.7 Å². The lowest BCUT2D eigenvalue weighted by Crippen LogP contribution is -2.14. The van der Waals surface area contributed by atoms with Crippen molar-refractivity contribution < 1.29 is 14.3 Å². The van der Waals surface area contributed by atoms with Gasteiger partial charge in [-0.25, -0.2) is 0 Å². The molecule has 140 valence electrons. The van der Waals surface area contributed by atoms with Crippen LogP contribution in [0, 0.1) is 0 Å². The molecule has 2 amide bonds. The number of hydrogen-bond acceptors (Lipinski definition) is 4. The third-order valence-electron chi connectivity index (χ3n) is 4.38. The molecule has 0 radical (unpaired) electrons. The molecule has 0 atom stereocenters. The predicted molar refractivity (Wildman–Crippen MR) is 110 cm³/mol. The van der Waals surface area contributed by atoms with Crippen LogP contribution in [0.25, 0.3) is 0 Å². The zero-order valence-electron chi connectivity index (χ0n) is 14.9. The Hall–Kier alpha value is -3.51. The Bertz CT molecular complexity index is 1100. The number of rotatable bonds is 3. The second-order valence-corrected chi connectivity index (χ2v) is 6.60. The quantitative estimate of drug-likeness (QED) is 0.590. The van der Waals surface area contributed by atoms with Crippen molar-refractivity contribution in [1.29, 1.82) is 0 Å². The molecule has 1 heterocycles. The second kappa shape index (κ2) is 7.25. The molecule has 3 aromatic carbocycles. The van der Waals surface area contributed by atoms with Crippen LogP contribution >= 0.6 is 11.6 Å². The molecule has 7 heteroatoms. The fraction of sp³-hybridized carbons (Fsp3) is 0.0476. The molecule has 3 aromatic rings. The molecule has 0 bridgehead atoms. The van der Waals surface area contributed by atoms with Crippen molar-refractivity contribution in [2.75, 3.05) is 23.1 Å². The molecule has 0 spiro atoms. The van der Waals surface area contributed by atoms with E-state index < -0.39 is 0 Å². The van der Waals surface area contributed by atoms with Crippen molar-refractivity contribution in [3.05, 3.63) is 76.8 Å². The third kappa shape index (κ3) is 3.37. The Morgan fingerprint density at radius 1 is 0.964 bits per heavy atom. The second-order valence-electron chi connectivity index (χ2n) is 6.19. The summed E-state index contributed by atoms with van der Waals surface area (Å²) in [5, 5.41) is 9.25. The number of para-hydroxylation sites is 1. The summed E-state index contributed by atoms with van der Waals surface area (Å²) in [7, 11) is 1.52. The largest absolute Gasteiger partial charge is 0.495 e. The number of benzene rings is 3. The minimum Gasteiger partial charge on any atom is -0.495 e. The first-order chi connectivity index (χ1) is 13.5. The standard InChI is InChI=1S/C21H16ClN3O3/c1-28-19-9-7-13(11-15(19)22)23-20(26)12-6-8-17-18(10-12)25-21(27)14-4-2-3-5-16(14)24-17/h2-11,24H,1H3,(H,23,26)(H,25,27). The number of methoxy groups -OCH3 is 1. The molecule has 1 aliphatic rings. The first kappa shape index (κ1) is 17.9. The minimum absolute atomic E-state index is 0.235. The van der Waals surface area contributed by atoms with E-state index in [4.69, 9.17) is 16.3 Å². The van der Waals surface area contributed by atoms with E-state index in [0.29, 0.717) is 44.6 Å². The van der Waals surface area contributed by atoms with Crippen molar-refractivity contribution in [1.82, 2.24) is 0 Å². The fourth-order valence-corrected chi connectivity index (χ4v) is 3.23. The molecule has 4 rings (SSSR count). The van der Waals surface area contributed by atoms with Crippen LogP contribution in [0.5, 0.6) is 5.75 Å². The number of hydrogen-bond donors (Lipinski definition) is 3. The highest BCUT2D eigenvalue weighted by atomic mass is 35.5. The van der Waals surface area contributed by atoms with Gasteiger partial charge >= 0.3 is 0 Å². The molecule has 6 nitrogen and oxygen atoms in total. The number of anilines is 4. The summed E-state index contributed by atoms with van der Waals surface area (Å²) in [5.74, 6) is -0.0283. The zero-order chi connectivity index (χ0) is 19.7. The number of carbonyl (C=O) groups is 2. The summed E-state index contributed by atoms with van der Waals surface area (Å²) in [6.07, 6.45) is 0. The van der Waals surface area contributed by atoms with E-state index in [-0.39, 0.29) is 11.8 Å². The van der Waals surface area contributed by atoms with E-state index in [9.17, 15) is 9.59 Å². The van der Waals surface area contributed by atoms with E-state index in [1.54, 1.807) is 48.5 Å². The lowest BCUT2D eigenvalue weighted by molar-refractivity contribution is 0.101. The molecule has 1 aliphatic heterocycles. The highest BCUT2D eigenvalue weighted by Gasteiger charge is 2.19. The SMILES string of the molecule is COc1ccc(NC(=O)c2ccc3c(c2)NC(=O)c2ccccc2N3)cc1Cl. The lowest BCUT2D eigenvalue weighted by Gasteiger charge is -2.11. The van der Waals surface area contributed by atoms with Gasteiger partial charge in [0.25, 0.3) is 11.8 Å². The summed E-state index contributed by atoms with van der Waals surface area (Å²) in [5.41, 5.74) is 3.43. The van der Waals surface area contributed by atoms with Gasteiger partial charge in [-0.15, -0.1) is 0 Å². The predicted octanol–water partition coefficient (Wildman–Crippen LogP) is 4.91. The van der Waals surface area contributed by atoms with Crippen molar-refractivity contribution in [3.8, 4) is 5.75 Å². The summed E-state index contributed by atoms with van der Waals surface area (Å²) in [6, 6.07) is 17.3. The van der Waals surface area contributed by atoms with Crippen LogP contribution in [0.3, 0.4) is 0 Å². The van der Waals surface area contributed by atoms with Gasteiger partial charge in [0, 0.05) is 11.3 Å². The maximum Gasteiger partial charge on any atom is 0.257 e. The number of amides is 2. The molecule has 0 saturated carbocycles. The number of carbonyl (C=O) groups excluding carboxylic acids is 2. The number of nitrogens with one attached hydrogen (secondary N) is 3. The molecule has 28 heavy (non-hydrogen) atoms. The maximum absolute atomic E-state index is 12.6. The Morgan fingerprint density at radius 3 is 2.57 bits per heavy atom. The summed E-state index contributed by atoms with van der Waals surface area (Å²) >= 11 is 6.10. The van der Waals surface area contributed by atoms with E-state index in [1.165, 1.54) is 7.11 Å². The summed E-state index contributed by atoms with van der Waals surface area (Å²) in [6.45, 7) is 0. The molecular formula is C21H16ClN3O3. The molecular weight excluding hydrogens is 378 g/mol. The first-order valence-corrected chi connectivity index (χ1v) is 8.89. The first-order valence-electron chi connectivity index (χ1n) is 8.51. The third-order valence-corrected chi connectivity index (χ3v) is 4.68. The Morgan fingerprint density at radius 2 is 1.79 bits per heavy atom.